The molecule has 0 saturated heterocycles. The van der Waals surface area contributed by atoms with Crippen LogP contribution in [0.2, 0.25) is 5.02 Å². The van der Waals surface area contributed by atoms with Crippen LogP contribution in [0.25, 0.3) is 0 Å². The van der Waals surface area contributed by atoms with Gasteiger partial charge in [-0.25, -0.2) is 0 Å². The van der Waals surface area contributed by atoms with Gasteiger partial charge in [0.2, 0.25) is 0 Å². The first kappa shape index (κ1) is 14.5. The van der Waals surface area contributed by atoms with Crippen LogP contribution in [-0.2, 0) is 0 Å². The molecule has 0 radical (unpaired) electrons. The van der Waals surface area contributed by atoms with Gasteiger partial charge in [-0.3, -0.25) is 4.79 Å². The van der Waals surface area contributed by atoms with Gasteiger partial charge in [-0.05, 0) is 48.3 Å². The molecule has 0 spiro atoms. The van der Waals surface area contributed by atoms with Crippen LogP contribution >= 0.6 is 27.5 Å². The van der Waals surface area contributed by atoms with Gasteiger partial charge in [-0.15, -0.1) is 0 Å². The molecule has 17 heavy (non-hydrogen) atoms. The largest absolute Gasteiger partial charge is 0.336 e. The van der Waals surface area contributed by atoms with Crippen LogP contribution in [0.4, 0.5) is 0 Å². The minimum Gasteiger partial charge on any atom is -0.336 e. The number of benzene rings is 1. The summed E-state index contributed by atoms with van der Waals surface area (Å²) in [5, 5.41) is 0.485. The van der Waals surface area contributed by atoms with Crippen LogP contribution in [0.1, 0.15) is 37.6 Å². The summed E-state index contributed by atoms with van der Waals surface area (Å²) in [7, 11) is 0. The van der Waals surface area contributed by atoms with Crippen molar-refractivity contribution in [1.82, 2.24) is 4.90 Å². The van der Waals surface area contributed by atoms with E-state index in [9.17, 15) is 4.79 Å². The summed E-state index contributed by atoms with van der Waals surface area (Å²) in [5.41, 5.74) is 0.559. The Hall–Kier alpha value is -0.540. The van der Waals surface area contributed by atoms with E-state index in [0.29, 0.717) is 10.6 Å². The van der Waals surface area contributed by atoms with Crippen molar-refractivity contribution < 1.29 is 4.79 Å². The fourth-order valence-corrected chi connectivity index (χ4v) is 2.23. The summed E-state index contributed by atoms with van der Waals surface area (Å²) in [4.78, 5) is 14.2. The Morgan fingerprint density at radius 3 is 2.65 bits per heavy atom. The first-order valence-corrected chi connectivity index (χ1v) is 6.91. The predicted octanol–water partition coefficient (Wildman–Crippen LogP) is 4.36. The Balaban J connectivity index is 3.05. The van der Waals surface area contributed by atoms with Crippen molar-refractivity contribution in [2.45, 2.75) is 33.2 Å². The summed E-state index contributed by atoms with van der Waals surface area (Å²) in [6.45, 7) is 6.84. The lowest BCUT2D eigenvalue weighted by molar-refractivity contribution is 0.0706. The third-order valence-corrected chi connectivity index (χ3v) is 3.83. The van der Waals surface area contributed by atoms with Crippen molar-refractivity contribution in [3.05, 3.63) is 33.3 Å². The smallest absolute Gasteiger partial charge is 0.255 e. The van der Waals surface area contributed by atoms with E-state index in [4.69, 9.17) is 11.6 Å². The average molecular weight is 319 g/mol. The Morgan fingerprint density at radius 1 is 1.47 bits per heavy atom. The molecule has 0 unspecified atom stereocenters. The molecule has 0 aliphatic heterocycles. The first-order chi connectivity index (χ1) is 7.99. The van der Waals surface area contributed by atoms with Gasteiger partial charge in [0.15, 0.2) is 0 Å². The van der Waals surface area contributed by atoms with Crippen molar-refractivity contribution in [2.24, 2.45) is 0 Å². The Morgan fingerprint density at radius 2 is 2.12 bits per heavy atom. The number of amides is 1. The summed E-state index contributed by atoms with van der Waals surface area (Å²) in [5.74, 6) is -0.00634. The number of rotatable bonds is 4. The van der Waals surface area contributed by atoms with E-state index in [-0.39, 0.29) is 11.9 Å². The molecule has 0 aliphatic carbocycles. The zero-order chi connectivity index (χ0) is 13.0. The minimum absolute atomic E-state index is 0.00634. The zero-order valence-electron chi connectivity index (χ0n) is 10.3. The SMILES string of the molecule is CCCN(C(=O)c1cccc(Br)c1Cl)C(C)C. The molecule has 1 amide bonds. The molecule has 2 nitrogen and oxygen atoms in total. The molecule has 94 valence electrons. The van der Waals surface area contributed by atoms with E-state index in [1.807, 2.05) is 30.9 Å². The van der Waals surface area contributed by atoms with E-state index in [1.165, 1.54) is 0 Å². The van der Waals surface area contributed by atoms with Gasteiger partial charge in [0.1, 0.15) is 0 Å². The van der Waals surface area contributed by atoms with Crippen molar-refractivity contribution in [3.8, 4) is 0 Å². The maximum absolute atomic E-state index is 12.4. The van der Waals surface area contributed by atoms with E-state index in [2.05, 4.69) is 22.9 Å². The van der Waals surface area contributed by atoms with E-state index in [0.717, 1.165) is 17.4 Å². The molecule has 0 aromatic heterocycles. The molecule has 0 saturated carbocycles. The lowest BCUT2D eigenvalue weighted by Crippen LogP contribution is -2.37. The molecular weight excluding hydrogens is 302 g/mol. The van der Waals surface area contributed by atoms with Gasteiger partial charge in [-0.1, -0.05) is 24.6 Å². The second-order valence-electron chi connectivity index (χ2n) is 4.19. The second kappa shape index (κ2) is 6.41. The van der Waals surface area contributed by atoms with Crippen molar-refractivity contribution in [3.63, 3.8) is 0 Å². The molecule has 1 aromatic rings. The fourth-order valence-electron chi connectivity index (χ4n) is 1.66. The van der Waals surface area contributed by atoms with Gasteiger partial charge in [0, 0.05) is 17.1 Å². The number of halogens is 2. The van der Waals surface area contributed by atoms with Gasteiger partial charge in [-0.2, -0.15) is 0 Å². The highest BCUT2D eigenvalue weighted by Crippen LogP contribution is 2.27. The highest BCUT2D eigenvalue weighted by molar-refractivity contribution is 9.10. The molecule has 0 fully saturated rings. The molecular formula is C13H17BrClNO. The highest BCUT2D eigenvalue weighted by atomic mass is 79.9. The van der Waals surface area contributed by atoms with Crippen molar-refractivity contribution >= 4 is 33.4 Å². The molecule has 0 heterocycles. The molecule has 0 atom stereocenters. The standard InChI is InChI=1S/C13H17BrClNO/c1-4-8-16(9(2)3)13(17)10-6-5-7-11(14)12(10)15/h5-7,9H,4,8H2,1-3H3. The van der Waals surface area contributed by atoms with E-state index >= 15 is 0 Å². The predicted molar refractivity (Wildman–Crippen MR) is 75.6 cm³/mol. The normalized spacial score (nSPS) is 10.7. The van der Waals surface area contributed by atoms with E-state index in [1.54, 1.807) is 6.07 Å². The summed E-state index contributed by atoms with van der Waals surface area (Å²) in [6.07, 6.45) is 0.940. The summed E-state index contributed by atoms with van der Waals surface area (Å²) >= 11 is 9.48. The Kier molecular flexibility index (Phi) is 5.47. The topological polar surface area (TPSA) is 20.3 Å². The molecule has 0 N–H and O–H groups in total. The highest BCUT2D eigenvalue weighted by Gasteiger charge is 2.20. The maximum Gasteiger partial charge on any atom is 0.255 e. The van der Waals surface area contributed by atoms with Crippen LogP contribution in [-0.4, -0.2) is 23.4 Å². The van der Waals surface area contributed by atoms with Crippen LogP contribution < -0.4 is 0 Å². The Labute approximate surface area is 116 Å². The number of carbonyl (C=O) groups excluding carboxylic acids is 1. The van der Waals surface area contributed by atoms with Crippen LogP contribution in [0.3, 0.4) is 0 Å². The summed E-state index contributed by atoms with van der Waals surface area (Å²) < 4.78 is 0.755. The molecule has 1 rings (SSSR count). The quantitative estimate of drug-likeness (QED) is 0.807. The van der Waals surface area contributed by atoms with E-state index < -0.39 is 0 Å². The fraction of sp³-hybridized carbons (Fsp3) is 0.462. The number of nitrogens with zero attached hydrogens (tertiary/aromatic N) is 1. The number of hydrogen-bond acceptors (Lipinski definition) is 1. The average Bonchev–Trinajstić information content (AvgIpc) is 2.28. The molecule has 4 heteroatoms. The lowest BCUT2D eigenvalue weighted by atomic mass is 10.1. The van der Waals surface area contributed by atoms with Crippen molar-refractivity contribution in [1.29, 1.82) is 0 Å². The maximum atomic E-state index is 12.4. The van der Waals surface area contributed by atoms with Crippen LogP contribution in [0.5, 0.6) is 0 Å². The third kappa shape index (κ3) is 3.46. The minimum atomic E-state index is -0.00634. The van der Waals surface area contributed by atoms with Crippen LogP contribution in [0, 0.1) is 0 Å². The molecule has 0 bridgehead atoms. The van der Waals surface area contributed by atoms with Crippen molar-refractivity contribution in [2.75, 3.05) is 6.54 Å². The van der Waals surface area contributed by atoms with Gasteiger partial charge in [0.05, 0.1) is 10.6 Å². The first-order valence-electron chi connectivity index (χ1n) is 5.74. The number of hydrogen-bond donors (Lipinski definition) is 0. The van der Waals surface area contributed by atoms with Gasteiger partial charge >= 0.3 is 0 Å². The lowest BCUT2D eigenvalue weighted by Gasteiger charge is -2.26. The Bertz CT molecular complexity index is 406. The van der Waals surface area contributed by atoms with Crippen LogP contribution in [0.15, 0.2) is 22.7 Å². The zero-order valence-corrected chi connectivity index (χ0v) is 12.7. The monoisotopic (exact) mass is 317 g/mol. The second-order valence-corrected chi connectivity index (χ2v) is 5.43. The third-order valence-electron chi connectivity index (χ3n) is 2.53. The number of carbonyl (C=O) groups is 1. The van der Waals surface area contributed by atoms with Gasteiger partial charge in [0.25, 0.3) is 5.91 Å². The molecule has 1 aromatic carbocycles. The van der Waals surface area contributed by atoms with Gasteiger partial charge < -0.3 is 4.90 Å². The summed E-state index contributed by atoms with van der Waals surface area (Å²) in [6, 6.07) is 5.60. The molecule has 0 aliphatic rings.